The molecule has 0 bridgehead atoms. The summed E-state index contributed by atoms with van der Waals surface area (Å²) in [5.41, 5.74) is 8.94. The van der Waals surface area contributed by atoms with E-state index in [-0.39, 0.29) is 55.3 Å². The molecule has 8 nitrogen and oxygen atoms in total. The van der Waals surface area contributed by atoms with Gasteiger partial charge in [0, 0.05) is 55.1 Å². The predicted octanol–water partition coefficient (Wildman–Crippen LogP) is 5.27. The largest absolute Gasteiger partial charge is 0.408 e. The molecule has 2 atom stereocenters. The molecule has 4 aromatic heterocycles. The van der Waals surface area contributed by atoms with Crippen LogP contribution in [0.1, 0.15) is 23.7 Å². The van der Waals surface area contributed by atoms with Crippen molar-refractivity contribution >= 4 is 41.4 Å². The van der Waals surface area contributed by atoms with Gasteiger partial charge in [0.05, 0.1) is 11.2 Å². The van der Waals surface area contributed by atoms with Gasteiger partial charge in [-0.3, -0.25) is 14.0 Å². The van der Waals surface area contributed by atoms with Gasteiger partial charge in [0.2, 0.25) is 0 Å². The molecule has 14 heteroatoms. The monoisotopic (exact) mass is 596 g/mol. The molecule has 1 aliphatic heterocycles. The van der Waals surface area contributed by atoms with Gasteiger partial charge in [-0.25, -0.2) is 9.37 Å². The zero-order valence-corrected chi connectivity index (χ0v) is 23.1. The third-order valence-electron chi connectivity index (χ3n) is 6.98. The van der Waals surface area contributed by atoms with Crippen LogP contribution in [0.5, 0.6) is 0 Å². The summed E-state index contributed by atoms with van der Waals surface area (Å²) in [6.45, 7) is 2.23. The van der Waals surface area contributed by atoms with Crippen molar-refractivity contribution in [1.29, 1.82) is 0 Å². The molecule has 2 N–H and O–H groups in total. The van der Waals surface area contributed by atoms with Crippen LogP contribution in [0.4, 0.5) is 17.6 Å². The van der Waals surface area contributed by atoms with Crippen LogP contribution in [0.25, 0.3) is 39.2 Å². The third kappa shape index (κ3) is 5.24. The van der Waals surface area contributed by atoms with Gasteiger partial charge in [-0.1, -0.05) is 12.1 Å². The molecule has 0 radical (unpaired) electrons. The molecule has 212 valence electrons. The molecule has 0 aliphatic carbocycles. The van der Waals surface area contributed by atoms with Gasteiger partial charge in [0.25, 0.3) is 0 Å². The first-order chi connectivity index (χ1) is 18.1. The van der Waals surface area contributed by atoms with Crippen LogP contribution in [-0.4, -0.2) is 59.6 Å². The highest BCUT2D eigenvalue weighted by Gasteiger charge is 2.46. The standard InChI is InChI=1S/C26H24F4N8.2ClH/c1-14-19(13-36(2)35-14)18-10-22-15(9-20(18)27)3-5-21(32-22)25-34-33-23-6-4-16(11-38(23)25)24(26(28,29)30)37-8-7-17(31)12-37;;/h3-6,9-11,13,17,24H,7-8,12,31H2,1-2H3;2*1H/t17-,24+;;/m0../s1. The lowest BCUT2D eigenvalue weighted by molar-refractivity contribution is -0.183. The number of aryl methyl sites for hydroxylation is 2. The van der Waals surface area contributed by atoms with Gasteiger partial charge < -0.3 is 5.73 Å². The number of nitrogens with zero attached hydrogens (tertiary/aromatic N) is 7. The number of nitrogens with two attached hydrogens (primary N) is 1. The number of hydrogen-bond donors (Lipinski definition) is 1. The van der Waals surface area contributed by atoms with Gasteiger partial charge >= 0.3 is 6.18 Å². The molecule has 6 rings (SSSR count). The van der Waals surface area contributed by atoms with Gasteiger partial charge in [0.1, 0.15) is 17.6 Å². The lowest BCUT2D eigenvalue weighted by Gasteiger charge is -2.30. The second-order valence-corrected chi connectivity index (χ2v) is 9.73. The second kappa shape index (κ2) is 10.9. The summed E-state index contributed by atoms with van der Waals surface area (Å²) in [7, 11) is 1.76. The zero-order chi connectivity index (χ0) is 26.8. The fourth-order valence-electron chi connectivity index (χ4n) is 5.24. The third-order valence-corrected chi connectivity index (χ3v) is 6.98. The summed E-state index contributed by atoms with van der Waals surface area (Å²) in [6.07, 6.45) is -0.832. The smallest absolute Gasteiger partial charge is 0.326 e. The van der Waals surface area contributed by atoms with E-state index in [1.807, 2.05) is 0 Å². The van der Waals surface area contributed by atoms with Crippen LogP contribution in [0.15, 0.2) is 48.8 Å². The molecule has 0 amide bonds. The molecule has 1 fully saturated rings. The summed E-state index contributed by atoms with van der Waals surface area (Å²) in [5.74, 6) is -0.119. The number of aromatic nitrogens is 6. The molecule has 0 unspecified atom stereocenters. The minimum atomic E-state index is -4.49. The summed E-state index contributed by atoms with van der Waals surface area (Å²) in [5, 5.41) is 13.2. The average molecular weight is 597 g/mol. The SMILES string of the molecule is Cc1nn(C)cc1-c1cc2nc(-c3nnc4ccc([C@@H](N5CC[C@H](N)C5)C(F)(F)F)cn34)ccc2cc1F.Cl.Cl. The Morgan fingerprint density at radius 2 is 1.80 bits per heavy atom. The Morgan fingerprint density at radius 3 is 2.45 bits per heavy atom. The molecule has 1 aromatic carbocycles. The number of fused-ring (bicyclic) bond motifs is 2. The number of benzene rings is 1. The quantitative estimate of drug-likeness (QED) is 0.284. The maximum absolute atomic E-state index is 15.0. The van der Waals surface area contributed by atoms with E-state index >= 15 is 0 Å². The van der Waals surface area contributed by atoms with Crippen molar-refractivity contribution in [2.75, 3.05) is 13.1 Å². The Labute approximate surface area is 239 Å². The van der Waals surface area contributed by atoms with E-state index in [2.05, 4.69) is 20.3 Å². The summed E-state index contributed by atoms with van der Waals surface area (Å²) < 4.78 is 60.6. The van der Waals surface area contributed by atoms with Crippen molar-refractivity contribution in [2.24, 2.45) is 12.8 Å². The molecule has 1 saturated heterocycles. The summed E-state index contributed by atoms with van der Waals surface area (Å²) in [6, 6.07) is 7.26. The molecule has 1 aliphatic rings. The van der Waals surface area contributed by atoms with E-state index in [1.54, 1.807) is 43.0 Å². The van der Waals surface area contributed by atoms with Crippen LogP contribution in [0.3, 0.4) is 0 Å². The Hall–Kier alpha value is -3.32. The maximum atomic E-state index is 15.0. The number of hydrogen-bond acceptors (Lipinski definition) is 6. The number of rotatable bonds is 4. The van der Waals surface area contributed by atoms with Gasteiger partial charge in [-0.05, 0) is 43.2 Å². The Morgan fingerprint density at radius 1 is 1.02 bits per heavy atom. The highest BCUT2D eigenvalue weighted by atomic mass is 35.5. The molecular formula is C26H26Cl2F4N8. The number of alkyl halides is 3. The van der Waals surface area contributed by atoms with Crippen LogP contribution in [0, 0.1) is 12.7 Å². The first-order valence-corrected chi connectivity index (χ1v) is 12.1. The normalized spacial score (nSPS) is 16.7. The lowest BCUT2D eigenvalue weighted by atomic mass is 10.0. The van der Waals surface area contributed by atoms with Gasteiger partial charge in [-0.15, -0.1) is 35.0 Å². The van der Waals surface area contributed by atoms with Crippen molar-refractivity contribution in [3.63, 3.8) is 0 Å². The van der Waals surface area contributed by atoms with Crippen molar-refractivity contribution in [3.05, 3.63) is 65.9 Å². The topological polar surface area (TPSA) is 90.2 Å². The van der Waals surface area contributed by atoms with E-state index in [9.17, 15) is 17.6 Å². The average Bonchev–Trinajstić information content (AvgIpc) is 3.55. The second-order valence-electron chi connectivity index (χ2n) is 9.73. The Balaban J connectivity index is 0.00000185. The van der Waals surface area contributed by atoms with E-state index in [1.165, 1.54) is 33.7 Å². The molecule has 0 saturated carbocycles. The van der Waals surface area contributed by atoms with Gasteiger partial charge in [-0.2, -0.15) is 18.3 Å². The van der Waals surface area contributed by atoms with Crippen LogP contribution >= 0.6 is 24.8 Å². The van der Waals surface area contributed by atoms with E-state index in [4.69, 9.17) is 5.73 Å². The highest BCUT2D eigenvalue weighted by molar-refractivity contribution is 5.86. The van der Waals surface area contributed by atoms with Crippen LogP contribution < -0.4 is 5.73 Å². The number of likely N-dealkylation sites (tertiary alicyclic amines) is 1. The fourth-order valence-corrected chi connectivity index (χ4v) is 5.24. The first-order valence-electron chi connectivity index (χ1n) is 12.1. The van der Waals surface area contributed by atoms with E-state index in [0.29, 0.717) is 45.5 Å². The van der Waals surface area contributed by atoms with Gasteiger partial charge in [0.15, 0.2) is 11.5 Å². The van der Waals surface area contributed by atoms with Crippen molar-refractivity contribution < 1.29 is 17.6 Å². The highest BCUT2D eigenvalue weighted by Crippen LogP contribution is 2.39. The lowest BCUT2D eigenvalue weighted by Crippen LogP contribution is -2.38. The van der Waals surface area contributed by atoms with Crippen LogP contribution in [-0.2, 0) is 7.05 Å². The summed E-state index contributed by atoms with van der Waals surface area (Å²) >= 11 is 0. The maximum Gasteiger partial charge on any atom is 0.408 e. The summed E-state index contributed by atoms with van der Waals surface area (Å²) in [4.78, 5) is 6.04. The molecular weight excluding hydrogens is 571 g/mol. The molecule has 40 heavy (non-hydrogen) atoms. The Bertz CT molecular complexity index is 1680. The minimum absolute atomic E-state index is 0. The predicted molar refractivity (Wildman–Crippen MR) is 148 cm³/mol. The van der Waals surface area contributed by atoms with Crippen molar-refractivity contribution in [2.45, 2.75) is 31.6 Å². The fraction of sp³-hybridized carbons (Fsp3) is 0.308. The van der Waals surface area contributed by atoms with E-state index in [0.717, 1.165) is 0 Å². The van der Waals surface area contributed by atoms with Crippen molar-refractivity contribution in [1.82, 2.24) is 34.3 Å². The number of pyridine rings is 2. The van der Waals surface area contributed by atoms with Crippen molar-refractivity contribution in [3.8, 4) is 22.6 Å². The zero-order valence-electron chi connectivity index (χ0n) is 21.4. The molecule has 5 heterocycles. The molecule has 0 spiro atoms. The van der Waals surface area contributed by atoms with E-state index < -0.39 is 18.0 Å². The molecule has 5 aromatic rings. The minimum Gasteiger partial charge on any atom is -0.326 e. The number of halogens is 6. The Kier molecular flexibility index (Phi) is 8.10. The van der Waals surface area contributed by atoms with Crippen LogP contribution in [0.2, 0.25) is 0 Å². The first kappa shape index (κ1) is 29.7.